The Morgan fingerprint density at radius 2 is 2.18 bits per heavy atom. The van der Waals surface area contributed by atoms with Crippen LogP contribution in [0.25, 0.3) is 0 Å². The van der Waals surface area contributed by atoms with E-state index in [0.717, 1.165) is 6.42 Å². The molecular formula is C15H20F3NO3. The van der Waals surface area contributed by atoms with E-state index < -0.39 is 6.36 Å². The molecule has 4 nitrogen and oxygen atoms in total. The highest BCUT2D eigenvalue weighted by atomic mass is 19.4. The Morgan fingerprint density at radius 1 is 1.36 bits per heavy atom. The molecule has 1 aromatic rings. The lowest BCUT2D eigenvalue weighted by Gasteiger charge is -2.26. The molecule has 1 saturated heterocycles. The van der Waals surface area contributed by atoms with E-state index in [4.69, 9.17) is 9.84 Å². The van der Waals surface area contributed by atoms with Gasteiger partial charge in [0.25, 0.3) is 0 Å². The Hall–Kier alpha value is -1.31. The summed E-state index contributed by atoms with van der Waals surface area (Å²) >= 11 is 0. The summed E-state index contributed by atoms with van der Waals surface area (Å²) in [7, 11) is 0. The normalized spacial score (nSPS) is 22.0. The third kappa shape index (κ3) is 5.15. The van der Waals surface area contributed by atoms with Gasteiger partial charge < -0.3 is 19.9 Å². The zero-order valence-corrected chi connectivity index (χ0v) is 12.2. The van der Waals surface area contributed by atoms with Crippen LogP contribution in [0.4, 0.5) is 13.2 Å². The Kier molecular flexibility index (Phi) is 5.66. The summed E-state index contributed by atoms with van der Waals surface area (Å²) in [5, 5.41) is 12.4. The first kappa shape index (κ1) is 17.1. The number of rotatable bonds is 7. The summed E-state index contributed by atoms with van der Waals surface area (Å²) in [6.45, 7) is 2.45. The maximum absolute atomic E-state index is 12.2. The molecule has 1 aromatic carbocycles. The van der Waals surface area contributed by atoms with Gasteiger partial charge in [0, 0.05) is 31.7 Å². The second-order valence-electron chi connectivity index (χ2n) is 5.57. The van der Waals surface area contributed by atoms with Crippen LogP contribution in [0.15, 0.2) is 24.3 Å². The number of ether oxygens (including phenoxy) is 2. The minimum Gasteiger partial charge on any atom is -0.406 e. The van der Waals surface area contributed by atoms with Crippen LogP contribution in [-0.2, 0) is 11.3 Å². The van der Waals surface area contributed by atoms with Gasteiger partial charge in [0.15, 0.2) is 0 Å². The highest BCUT2D eigenvalue weighted by Crippen LogP contribution is 2.31. The third-order valence-electron chi connectivity index (χ3n) is 3.79. The maximum atomic E-state index is 12.2. The van der Waals surface area contributed by atoms with E-state index in [1.165, 1.54) is 18.2 Å². The fourth-order valence-electron chi connectivity index (χ4n) is 2.64. The molecule has 2 N–H and O–H groups in total. The van der Waals surface area contributed by atoms with Crippen LogP contribution in [0.2, 0.25) is 0 Å². The molecular weight excluding hydrogens is 299 g/mol. The van der Waals surface area contributed by atoms with Gasteiger partial charge in [-0.1, -0.05) is 12.1 Å². The maximum Gasteiger partial charge on any atom is 0.573 e. The van der Waals surface area contributed by atoms with E-state index in [1.54, 1.807) is 6.07 Å². The predicted molar refractivity (Wildman–Crippen MR) is 74.4 cm³/mol. The average Bonchev–Trinajstić information content (AvgIpc) is 2.86. The van der Waals surface area contributed by atoms with Crippen molar-refractivity contribution >= 4 is 0 Å². The summed E-state index contributed by atoms with van der Waals surface area (Å²) in [6.07, 6.45) is -3.16. The molecule has 0 amide bonds. The van der Waals surface area contributed by atoms with Crippen LogP contribution >= 0.6 is 0 Å². The van der Waals surface area contributed by atoms with E-state index in [-0.39, 0.29) is 17.8 Å². The number of alkyl halides is 3. The lowest BCUT2D eigenvalue weighted by Crippen LogP contribution is -2.35. The van der Waals surface area contributed by atoms with Crippen molar-refractivity contribution in [2.75, 3.05) is 26.4 Å². The Balaban J connectivity index is 1.87. The fraction of sp³-hybridized carbons (Fsp3) is 0.600. The van der Waals surface area contributed by atoms with Gasteiger partial charge in [0.05, 0.1) is 6.61 Å². The third-order valence-corrected chi connectivity index (χ3v) is 3.79. The highest BCUT2D eigenvalue weighted by molar-refractivity contribution is 5.28. The van der Waals surface area contributed by atoms with Crippen molar-refractivity contribution < 1.29 is 27.8 Å². The summed E-state index contributed by atoms with van der Waals surface area (Å²) in [5.41, 5.74) is 0.620. The van der Waals surface area contributed by atoms with Crippen molar-refractivity contribution in [3.63, 3.8) is 0 Å². The Morgan fingerprint density at radius 3 is 2.82 bits per heavy atom. The smallest absolute Gasteiger partial charge is 0.406 e. The molecule has 0 bridgehead atoms. The number of halogens is 3. The summed E-state index contributed by atoms with van der Waals surface area (Å²) in [4.78, 5) is 0. The van der Waals surface area contributed by atoms with Crippen molar-refractivity contribution in [1.82, 2.24) is 5.32 Å². The molecule has 1 aliphatic heterocycles. The fourth-order valence-corrected chi connectivity index (χ4v) is 2.64. The molecule has 0 saturated carbocycles. The summed E-state index contributed by atoms with van der Waals surface area (Å²) < 4.78 is 45.9. The minimum atomic E-state index is -4.68. The number of hydrogen-bond acceptors (Lipinski definition) is 4. The lowest BCUT2D eigenvalue weighted by atomic mass is 9.84. The highest BCUT2D eigenvalue weighted by Gasteiger charge is 2.34. The molecule has 0 aromatic heterocycles. The van der Waals surface area contributed by atoms with Gasteiger partial charge in [-0.05, 0) is 30.5 Å². The molecule has 7 heteroatoms. The second-order valence-corrected chi connectivity index (χ2v) is 5.57. The zero-order chi connectivity index (χ0) is 16.1. The van der Waals surface area contributed by atoms with Crippen LogP contribution in [0.1, 0.15) is 18.4 Å². The number of hydrogen-bond donors (Lipinski definition) is 2. The van der Waals surface area contributed by atoms with Gasteiger partial charge in [-0.15, -0.1) is 13.2 Å². The van der Waals surface area contributed by atoms with Gasteiger partial charge in [0.2, 0.25) is 0 Å². The molecule has 22 heavy (non-hydrogen) atoms. The van der Waals surface area contributed by atoms with Crippen LogP contribution in [0.5, 0.6) is 5.75 Å². The SMILES string of the molecule is OCCC1(CNCc2cccc(OC(F)(F)F)c2)CCOC1. The molecule has 2 rings (SSSR count). The van der Waals surface area contributed by atoms with Crippen molar-refractivity contribution in [2.24, 2.45) is 5.41 Å². The molecule has 1 atom stereocenters. The first-order valence-corrected chi connectivity index (χ1v) is 7.17. The largest absolute Gasteiger partial charge is 0.573 e. The predicted octanol–water partition coefficient (Wildman–Crippen LogP) is 2.46. The number of aliphatic hydroxyl groups is 1. The molecule has 0 aliphatic carbocycles. The second kappa shape index (κ2) is 7.30. The van der Waals surface area contributed by atoms with Crippen molar-refractivity contribution in [1.29, 1.82) is 0 Å². The number of benzene rings is 1. The van der Waals surface area contributed by atoms with E-state index >= 15 is 0 Å². The Labute approximate surface area is 127 Å². The van der Waals surface area contributed by atoms with Gasteiger partial charge >= 0.3 is 6.36 Å². The van der Waals surface area contributed by atoms with Gasteiger partial charge in [0.1, 0.15) is 5.75 Å². The molecule has 1 heterocycles. The topological polar surface area (TPSA) is 50.7 Å². The average molecular weight is 319 g/mol. The molecule has 1 aliphatic rings. The van der Waals surface area contributed by atoms with Gasteiger partial charge in [-0.25, -0.2) is 0 Å². The molecule has 0 spiro atoms. The lowest BCUT2D eigenvalue weighted by molar-refractivity contribution is -0.274. The van der Waals surface area contributed by atoms with Gasteiger partial charge in [-0.2, -0.15) is 0 Å². The van der Waals surface area contributed by atoms with E-state index in [2.05, 4.69) is 10.1 Å². The first-order chi connectivity index (χ1) is 10.4. The summed E-state index contributed by atoms with van der Waals surface area (Å²) in [5.74, 6) is -0.221. The monoisotopic (exact) mass is 319 g/mol. The van der Waals surface area contributed by atoms with Crippen LogP contribution in [-0.4, -0.2) is 37.8 Å². The summed E-state index contributed by atoms with van der Waals surface area (Å²) in [6, 6.07) is 5.90. The number of aliphatic hydroxyl groups excluding tert-OH is 1. The molecule has 1 unspecified atom stereocenters. The minimum absolute atomic E-state index is 0.0885. The van der Waals surface area contributed by atoms with Crippen molar-refractivity contribution in [3.05, 3.63) is 29.8 Å². The van der Waals surface area contributed by atoms with Crippen molar-refractivity contribution in [2.45, 2.75) is 25.7 Å². The van der Waals surface area contributed by atoms with E-state index in [0.29, 0.717) is 38.3 Å². The van der Waals surface area contributed by atoms with Gasteiger partial charge in [-0.3, -0.25) is 0 Å². The van der Waals surface area contributed by atoms with E-state index in [9.17, 15) is 13.2 Å². The molecule has 124 valence electrons. The Bertz CT molecular complexity index is 473. The number of nitrogens with one attached hydrogen (secondary N) is 1. The zero-order valence-electron chi connectivity index (χ0n) is 12.2. The molecule has 0 radical (unpaired) electrons. The van der Waals surface area contributed by atoms with E-state index in [1.807, 2.05) is 0 Å². The van der Waals surface area contributed by atoms with Crippen LogP contribution < -0.4 is 10.1 Å². The quantitative estimate of drug-likeness (QED) is 0.811. The molecule has 1 fully saturated rings. The van der Waals surface area contributed by atoms with Crippen LogP contribution in [0, 0.1) is 5.41 Å². The van der Waals surface area contributed by atoms with Crippen molar-refractivity contribution in [3.8, 4) is 5.75 Å². The first-order valence-electron chi connectivity index (χ1n) is 7.17. The standard InChI is InChI=1S/C15H20F3NO3/c16-15(17,18)22-13-3-1-2-12(8-13)9-19-10-14(4-6-20)5-7-21-11-14/h1-3,8,19-20H,4-7,9-11H2. The van der Waals surface area contributed by atoms with Crippen LogP contribution in [0.3, 0.4) is 0 Å².